The van der Waals surface area contributed by atoms with Gasteiger partial charge >= 0.3 is 0 Å². The fourth-order valence-electron chi connectivity index (χ4n) is 1.88. The summed E-state index contributed by atoms with van der Waals surface area (Å²) >= 11 is 18.9. The highest BCUT2D eigenvalue weighted by atomic mass is 35.5. The van der Waals surface area contributed by atoms with E-state index in [-0.39, 0.29) is 16.7 Å². The van der Waals surface area contributed by atoms with Gasteiger partial charge in [-0.15, -0.1) is 16.4 Å². The minimum Gasteiger partial charge on any atom is -0.246 e. The van der Waals surface area contributed by atoms with Crippen molar-refractivity contribution < 1.29 is 8.42 Å². The minimum atomic E-state index is -3.77. The van der Waals surface area contributed by atoms with Crippen molar-refractivity contribution in [1.82, 2.24) is 14.8 Å². The number of aromatic nitrogens is 3. The van der Waals surface area contributed by atoms with Crippen molar-refractivity contribution in [2.45, 2.75) is 10.8 Å². The molecule has 0 aliphatic rings. The van der Waals surface area contributed by atoms with Gasteiger partial charge in [-0.05, 0) is 24.3 Å². The molecule has 0 aliphatic carbocycles. The summed E-state index contributed by atoms with van der Waals surface area (Å²) in [5.41, 5.74) is 0.671. The van der Waals surface area contributed by atoms with Crippen molar-refractivity contribution in [2.24, 2.45) is 0 Å². The first kappa shape index (κ1) is 17.5. The van der Waals surface area contributed by atoms with Crippen LogP contribution in [-0.2, 0) is 16.6 Å². The molecule has 0 atom stereocenters. The molecule has 1 N–H and O–H groups in total. The Morgan fingerprint density at radius 2 is 1.83 bits per heavy atom. The number of halogens is 3. The van der Waals surface area contributed by atoms with E-state index in [1.54, 1.807) is 18.2 Å². The Morgan fingerprint density at radius 3 is 2.46 bits per heavy atom. The summed E-state index contributed by atoms with van der Waals surface area (Å²) in [6.45, 7) is 0.262. The quantitative estimate of drug-likeness (QED) is 0.669. The minimum absolute atomic E-state index is 0.0531. The largest absolute Gasteiger partial charge is 0.273 e. The van der Waals surface area contributed by atoms with Gasteiger partial charge in [0.05, 0.1) is 10.9 Å². The van der Waals surface area contributed by atoms with Gasteiger partial charge in [-0.25, -0.2) is 17.8 Å². The van der Waals surface area contributed by atoms with E-state index in [2.05, 4.69) is 14.8 Å². The zero-order valence-electron chi connectivity index (χ0n) is 11.8. The Bertz CT molecular complexity index is 965. The van der Waals surface area contributed by atoms with Crippen LogP contribution < -0.4 is 4.72 Å². The van der Waals surface area contributed by atoms with Gasteiger partial charge in [-0.3, -0.25) is 0 Å². The molecule has 3 aromatic rings. The van der Waals surface area contributed by atoms with Gasteiger partial charge in [-0.2, -0.15) is 4.98 Å². The smallest absolute Gasteiger partial charge is 0.246 e. The lowest BCUT2D eigenvalue weighted by Gasteiger charge is -2.06. The summed E-state index contributed by atoms with van der Waals surface area (Å²) in [4.78, 5) is 3.94. The van der Waals surface area contributed by atoms with E-state index in [1.807, 2.05) is 0 Å². The number of nitrogens with one attached hydrogen (secondary N) is 1. The number of hydrogen-bond donors (Lipinski definition) is 1. The van der Waals surface area contributed by atoms with Crippen LogP contribution >= 0.6 is 46.1 Å². The third-order valence-electron chi connectivity index (χ3n) is 2.96. The molecule has 2 aromatic heterocycles. The molecule has 0 fully saturated rings. The van der Waals surface area contributed by atoms with Crippen LogP contribution in [0, 0.1) is 0 Å². The molecule has 11 heteroatoms. The predicted octanol–water partition coefficient (Wildman–Crippen LogP) is 4.15. The third kappa shape index (κ3) is 3.84. The van der Waals surface area contributed by atoms with Crippen LogP contribution in [0.5, 0.6) is 0 Å². The zero-order valence-corrected chi connectivity index (χ0v) is 15.7. The third-order valence-corrected chi connectivity index (χ3v) is 6.72. The second-order valence-corrected chi connectivity index (χ2v) is 9.07. The van der Waals surface area contributed by atoms with Crippen molar-refractivity contribution in [2.75, 3.05) is 4.72 Å². The molecule has 0 spiro atoms. The Balaban J connectivity index is 1.79. The monoisotopic (exact) mass is 422 g/mol. The van der Waals surface area contributed by atoms with Crippen LogP contribution in [0.15, 0.2) is 40.9 Å². The van der Waals surface area contributed by atoms with Gasteiger partial charge in [0.25, 0.3) is 16.0 Å². The summed E-state index contributed by atoms with van der Waals surface area (Å²) in [6, 6.07) is 8.08. The first-order valence-corrected chi connectivity index (χ1v) is 9.89. The topological polar surface area (TPSA) is 76.9 Å². The average molecular weight is 424 g/mol. The Morgan fingerprint density at radius 1 is 1.12 bits per heavy atom. The normalized spacial score (nSPS) is 11.6. The molecule has 0 aliphatic heterocycles. The van der Waals surface area contributed by atoms with E-state index in [1.165, 1.54) is 23.1 Å². The number of anilines is 1. The summed E-state index contributed by atoms with van der Waals surface area (Å²) in [5.74, 6) is -0.0531. The van der Waals surface area contributed by atoms with Crippen LogP contribution in [0.25, 0.3) is 0 Å². The molecule has 24 heavy (non-hydrogen) atoms. The molecule has 0 unspecified atom stereocenters. The molecule has 6 nitrogen and oxygen atoms in total. The van der Waals surface area contributed by atoms with Crippen LogP contribution in [0.1, 0.15) is 5.56 Å². The molecule has 1 aromatic carbocycles. The van der Waals surface area contributed by atoms with Crippen molar-refractivity contribution in [1.29, 1.82) is 0 Å². The lowest BCUT2D eigenvalue weighted by Crippen LogP contribution is -2.13. The fraction of sp³-hybridized carbons (Fsp3) is 0.0769. The van der Waals surface area contributed by atoms with Crippen molar-refractivity contribution in [3.8, 4) is 0 Å². The molecule has 0 saturated carbocycles. The molecular weight excluding hydrogens is 415 g/mol. The van der Waals surface area contributed by atoms with Crippen molar-refractivity contribution >= 4 is 62.1 Å². The number of sulfonamides is 1. The first-order valence-electron chi connectivity index (χ1n) is 6.45. The van der Waals surface area contributed by atoms with Gasteiger partial charge in [-0.1, -0.05) is 40.9 Å². The van der Waals surface area contributed by atoms with Crippen LogP contribution in [-0.4, -0.2) is 23.2 Å². The molecule has 0 bridgehead atoms. The molecule has 3 rings (SSSR count). The lowest BCUT2D eigenvalue weighted by molar-refractivity contribution is 0.602. The predicted molar refractivity (Wildman–Crippen MR) is 95.7 cm³/mol. The maximum atomic E-state index is 12.2. The van der Waals surface area contributed by atoms with E-state index in [0.29, 0.717) is 19.9 Å². The number of hydrogen-bond acceptors (Lipinski definition) is 5. The number of rotatable bonds is 5. The van der Waals surface area contributed by atoms with Crippen LogP contribution in [0.4, 0.5) is 5.95 Å². The maximum Gasteiger partial charge on any atom is 0.273 e. The van der Waals surface area contributed by atoms with E-state index < -0.39 is 10.0 Å². The van der Waals surface area contributed by atoms with Crippen molar-refractivity contribution in [3.05, 3.63) is 56.6 Å². The fourth-order valence-corrected chi connectivity index (χ4v) is 4.82. The summed E-state index contributed by atoms with van der Waals surface area (Å²) in [5, 5.41) is 5.06. The van der Waals surface area contributed by atoms with Crippen molar-refractivity contribution in [3.63, 3.8) is 0 Å². The van der Waals surface area contributed by atoms with Crippen LogP contribution in [0.2, 0.25) is 14.4 Å². The molecule has 0 radical (unpaired) electrons. The highest BCUT2D eigenvalue weighted by Gasteiger charge is 2.19. The summed E-state index contributed by atoms with van der Waals surface area (Å²) < 4.78 is 28.6. The highest BCUT2D eigenvalue weighted by molar-refractivity contribution is 7.94. The second-order valence-electron chi connectivity index (χ2n) is 4.63. The molecule has 126 valence electrons. The average Bonchev–Trinajstić information content (AvgIpc) is 3.12. The van der Waals surface area contributed by atoms with Gasteiger partial charge in [0, 0.05) is 15.6 Å². The summed E-state index contributed by atoms with van der Waals surface area (Å²) in [7, 11) is -3.77. The second kappa shape index (κ2) is 6.89. The maximum absolute atomic E-state index is 12.2. The SMILES string of the molecule is O=S(=O)(Nc1ncn(Cc2c(Cl)cccc2Cl)n1)c1ccc(Cl)s1. The van der Waals surface area contributed by atoms with Gasteiger partial charge in [0.2, 0.25) is 0 Å². The van der Waals surface area contributed by atoms with E-state index >= 15 is 0 Å². The molecule has 2 heterocycles. The molecular formula is C13H9Cl3N4O2S2. The molecule has 0 saturated heterocycles. The number of nitrogens with zero attached hydrogens (tertiary/aromatic N) is 3. The highest BCUT2D eigenvalue weighted by Crippen LogP contribution is 2.27. The van der Waals surface area contributed by atoms with Gasteiger partial charge < -0.3 is 0 Å². The Labute approximate surface area is 157 Å². The molecule has 0 amide bonds. The van der Waals surface area contributed by atoms with E-state index in [4.69, 9.17) is 34.8 Å². The Hall–Kier alpha value is -1.32. The number of thiophene rings is 1. The van der Waals surface area contributed by atoms with Gasteiger partial charge in [0.15, 0.2) is 0 Å². The van der Waals surface area contributed by atoms with Crippen LogP contribution in [0.3, 0.4) is 0 Å². The van der Waals surface area contributed by atoms with E-state index in [0.717, 1.165) is 11.3 Å². The number of benzene rings is 1. The summed E-state index contributed by atoms with van der Waals surface area (Å²) in [6.07, 6.45) is 1.39. The lowest BCUT2D eigenvalue weighted by atomic mass is 10.2. The first-order chi connectivity index (χ1) is 11.3. The Kier molecular flexibility index (Phi) is 5.03. The van der Waals surface area contributed by atoms with E-state index in [9.17, 15) is 8.42 Å². The standard InChI is InChI=1S/C13H9Cl3N4O2S2/c14-9-2-1-3-10(15)8(9)6-20-7-17-13(18-20)19-24(21,22)12-5-4-11(16)23-12/h1-5,7H,6H2,(H,18,19). The van der Waals surface area contributed by atoms with Gasteiger partial charge in [0.1, 0.15) is 10.5 Å². The zero-order chi connectivity index (χ0) is 17.3.